The van der Waals surface area contributed by atoms with Crippen LogP contribution in [-0.2, 0) is 0 Å². The zero-order valence-electron chi connectivity index (χ0n) is 4.32. The molecule has 0 aliphatic rings. The van der Waals surface area contributed by atoms with Crippen LogP contribution >= 0.6 is 0 Å². The fourth-order valence-electron chi connectivity index (χ4n) is 0.227. The third-order valence-electron chi connectivity index (χ3n) is 0.425. The van der Waals surface area contributed by atoms with Crippen LogP contribution in [-0.4, -0.2) is 17.7 Å². The van der Waals surface area contributed by atoms with Gasteiger partial charge in [-0.1, -0.05) is 0 Å². The van der Waals surface area contributed by atoms with Gasteiger partial charge in [-0.15, -0.1) is 0 Å². The third-order valence-corrected chi connectivity index (χ3v) is 0.425. The van der Waals surface area contributed by atoms with Gasteiger partial charge in [-0.25, -0.2) is 0 Å². The van der Waals surface area contributed by atoms with Crippen LogP contribution in [0.15, 0.2) is 29.1 Å². The maximum atomic E-state index is 7.12. The first-order valence-electron chi connectivity index (χ1n) is 2.10. The van der Waals surface area contributed by atoms with Crippen LogP contribution in [0.3, 0.4) is 0 Å². The first kappa shape index (κ1) is 7.26. The van der Waals surface area contributed by atoms with Crippen LogP contribution in [0.4, 0.5) is 0 Å². The molecule has 0 bridgehead atoms. The summed E-state index contributed by atoms with van der Waals surface area (Å²) in [6.45, 7) is 0. The van der Waals surface area contributed by atoms with Gasteiger partial charge in [-0.05, 0) is 12.1 Å². The molecule has 0 radical (unpaired) electrons. The Morgan fingerprint density at radius 3 is 1.62 bits per heavy atom. The molecule has 0 aromatic carbocycles. The molecule has 1 aromatic rings. The normalized spacial score (nSPS) is 6.75. The predicted molar refractivity (Wildman–Crippen MR) is 30.3 cm³/mol. The zero-order valence-corrected chi connectivity index (χ0v) is 4.32. The van der Waals surface area contributed by atoms with Gasteiger partial charge in [0.15, 0.2) is 0 Å². The maximum absolute atomic E-state index is 7.12. The molecular formula is C4H7BO3. The number of hydrogen-bond donors (Lipinski definition) is 2. The fraction of sp³-hybridized carbons (Fsp3) is 0. The molecule has 2 N–H and O–H groups in total. The Balaban J connectivity index is 0.000000145. The summed E-state index contributed by atoms with van der Waals surface area (Å²) >= 11 is 0. The lowest BCUT2D eigenvalue weighted by atomic mass is 10.5. The molecule has 1 heterocycles. The van der Waals surface area contributed by atoms with E-state index in [-0.39, 0.29) is 0 Å². The smallest absolute Gasteiger partial charge is 0.432 e. The van der Waals surface area contributed by atoms with Crippen LogP contribution in [0.1, 0.15) is 0 Å². The third kappa shape index (κ3) is 5.26. The van der Waals surface area contributed by atoms with Gasteiger partial charge in [0.05, 0.1) is 12.5 Å². The monoisotopic (exact) mass is 114 g/mol. The minimum Gasteiger partial charge on any atom is -0.473 e. The van der Waals surface area contributed by atoms with Gasteiger partial charge in [0, 0.05) is 0 Å². The van der Waals surface area contributed by atoms with Gasteiger partial charge in [-0.3, -0.25) is 0 Å². The largest absolute Gasteiger partial charge is 0.473 e. The van der Waals surface area contributed by atoms with Crippen LogP contribution in [0.25, 0.3) is 0 Å². The van der Waals surface area contributed by atoms with Crippen molar-refractivity contribution in [2.45, 2.75) is 0 Å². The lowest BCUT2D eigenvalue weighted by Gasteiger charge is -1.50. The molecule has 1 rings (SSSR count). The molecule has 0 amide bonds. The van der Waals surface area contributed by atoms with Gasteiger partial charge < -0.3 is 14.5 Å². The minimum atomic E-state index is -0.750. The maximum Gasteiger partial charge on any atom is 0.432 e. The highest BCUT2D eigenvalue weighted by Crippen LogP contribution is 1.79. The van der Waals surface area contributed by atoms with Crippen molar-refractivity contribution in [1.82, 2.24) is 0 Å². The van der Waals surface area contributed by atoms with Gasteiger partial charge >= 0.3 is 7.69 Å². The van der Waals surface area contributed by atoms with Crippen molar-refractivity contribution in [3.05, 3.63) is 24.7 Å². The van der Waals surface area contributed by atoms with Crippen LogP contribution in [0, 0.1) is 0 Å². The second kappa shape index (κ2) is 6.26. The van der Waals surface area contributed by atoms with Gasteiger partial charge in [-0.2, -0.15) is 0 Å². The Kier molecular flexibility index (Phi) is 5.69. The summed E-state index contributed by atoms with van der Waals surface area (Å²) in [7, 11) is -0.750. The molecule has 0 aliphatic heterocycles. The molecule has 0 saturated carbocycles. The minimum absolute atomic E-state index is 0.750. The van der Waals surface area contributed by atoms with E-state index in [9.17, 15) is 0 Å². The van der Waals surface area contributed by atoms with E-state index in [1.54, 1.807) is 12.5 Å². The highest BCUT2D eigenvalue weighted by molar-refractivity contribution is 6.13. The SMILES string of the molecule is OBO.c1ccoc1. The van der Waals surface area contributed by atoms with E-state index in [0.29, 0.717) is 0 Å². The molecule has 0 saturated heterocycles. The molecule has 1 aromatic heterocycles. The van der Waals surface area contributed by atoms with Crippen molar-refractivity contribution in [2.24, 2.45) is 0 Å². The highest BCUT2D eigenvalue weighted by Gasteiger charge is 1.58. The van der Waals surface area contributed by atoms with Crippen LogP contribution in [0.5, 0.6) is 0 Å². The molecule has 44 valence electrons. The Labute approximate surface area is 47.9 Å². The number of furan rings is 1. The molecule has 3 nitrogen and oxygen atoms in total. The van der Waals surface area contributed by atoms with E-state index in [1.807, 2.05) is 12.1 Å². The van der Waals surface area contributed by atoms with Crippen molar-refractivity contribution >= 4 is 7.69 Å². The second-order valence-corrected chi connectivity index (χ2v) is 0.935. The highest BCUT2D eigenvalue weighted by atomic mass is 16.4. The summed E-state index contributed by atoms with van der Waals surface area (Å²) in [6, 6.07) is 3.67. The number of hydrogen-bond acceptors (Lipinski definition) is 3. The Morgan fingerprint density at radius 2 is 1.50 bits per heavy atom. The average Bonchev–Trinajstić information content (AvgIpc) is 2.17. The summed E-state index contributed by atoms with van der Waals surface area (Å²) in [5.74, 6) is 0. The quantitative estimate of drug-likeness (QED) is 0.447. The van der Waals surface area contributed by atoms with E-state index in [4.69, 9.17) is 10.0 Å². The van der Waals surface area contributed by atoms with Crippen molar-refractivity contribution in [3.63, 3.8) is 0 Å². The fourth-order valence-corrected chi connectivity index (χ4v) is 0.227. The first-order chi connectivity index (χ1) is 3.91. The van der Waals surface area contributed by atoms with E-state index in [0.717, 1.165) is 0 Å². The molecule has 8 heavy (non-hydrogen) atoms. The van der Waals surface area contributed by atoms with Gasteiger partial charge in [0.1, 0.15) is 0 Å². The summed E-state index contributed by atoms with van der Waals surface area (Å²) in [4.78, 5) is 0. The summed E-state index contributed by atoms with van der Waals surface area (Å²) in [6.07, 6.45) is 3.25. The molecule has 0 aliphatic carbocycles. The molecular weight excluding hydrogens is 107 g/mol. The molecule has 4 heteroatoms. The Morgan fingerprint density at radius 1 is 1.12 bits per heavy atom. The number of rotatable bonds is 0. The Hall–Kier alpha value is -0.735. The molecule has 0 unspecified atom stereocenters. The van der Waals surface area contributed by atoms with Gasteiger partial charge in [0.2, 0.25) is 0 Å². The van der Waals surface area contributed by atoms with E-state index in [1.165, 1.54) is 0 Å². The van der Waals surface area contributed by atoms with Gasteiger partial charge in [0.25, 0.3) is 0 Å². The lowest BCUT2D eigenvalue weighted by Crippen LogP contribution is -1.75. The average molecular weight is 114 g/mol. The molecule has 0 fully saturated rings. The summed E-state index contributed by atoms with van der Waals surface area (Å²) < 4.78 is 4.58. The van der Waals surface area contributed by atoms with Crippen molar-refractivity contribution < 1.29 is 14.5 Å². The second-order valence-electron chi connectivity index (χ2n) is 0.935. The first-order valence-corrected chi connectivity index (χ1v) is 2.10. The van der Waals surface area contributed by atoms with E-state index >= 15 is 0 Å². The molecule has 0 spiro atoms. The van der Waals surface area contributed by atoms with Crippen molar-refractivity contribution in [2.75, 3.05) is 0 Å². The standard InChI is InChI=1S/C4H4O.BH3O2/c1-2-4-5-3-1;2-1-3/h1-4H;1-3H. The van der Waals surface area contributed by atoms with E-state index in [2.05, 4.69) is 4.42 Å². The zero-order chi connectivity index (χ0) is 6.24. The van der Waals surface area contributed by atoms with Crippen LogP contribution in [0.2, 0.25) is 0 Å². The summed E-state index contributed by atoms with van der Waals surface area (Å²) in [5, 5.41) is 14.2. The van der Waals surface area contributed by atoms with Crippen molar-refractivity contribution in [1.29, 1.82) is 0 Å². The summed E-state index contributed by atoms with van der Waals surface area (Å²) in [5.41, 5.74) is 0. The Bertz CT molecular complexity index is 78.2. The lowest BCUT2D eigenvalue weighted by molar-refractivity contribution is 0.448. The topological polar surface area (TPSA) is 53.6 Å². The predicted octanol–water partition coefficient (Wildman–Crippen LogP) is -0.483. The molecule has 0 atom stereocenters. The van der Waals surface area contributed by atoms with E-state index < -0.39 is 7.69 Å². The van der Waals surface area contributed by atoms with Crippen LogP contribution < -0.4 is 0 Å². The van der Waals surface area contributed by atoms with Crippen molar-refractivity contribution in [3.8, 4) is 0 Å².